The predicted octanol–water partition coefficient (Wildman–Crippen LogP) is 6.50. The SMILES string of the molecule is C=[PH]=C(CC)C/C(=C/CCC/C=C(/Cl)CC)CCC. The number of halogens is 1. The van der Waals surface area contributed by atoms with Crippen molar-refractivity contribution in [1.82, 2.24) is 0 Å². The Kier molecular flexibility index (Phi) is 12.7. The molecule has 0 fully saturated rings. The summed E-state index contributed by atoms with van der Waals surface area (Å²) in [5.41, 5.74) is 1.61. The topological polar surface area (TPSA) is 0 Å². The Hall–Kier alpha value is -0.190. The van der Waals surface area contributed by atoms with Gasteiger partial charge < -0.3 is 0 Å². The van der Waals surface area contributed by atoms with Gasteiger partial charge in [0.25, 0.3) is 0 Å². The molecule has 0 amide bonds. The molecule has 0 rings (SSSR count). The molecule has 0 aliphatic carbocycles. The van der Waals surface area contributed by atoms with Crippen molar-refractivity contribution in [3.8, 4) is 0 Å². The van der Waals surface area contributed by atoms with E-state index in [1.54, 1.807) is 10.9 Å². The minimum absolute atomic E-state index is 0.747. The summed E-state index contributed by atoms with van der Waals surface area (Å²) in [6, 6.07) is 0. The van der Waals surface area contributed by atoms with Gasteiger partial charge in [0.15, 0.2) is 0 Å². The molecular weight excluding hydrogens is 271 g/mol. The molecule has 0 saturated heterocycles. The van der Waals surface area contributed by atoms with Crippen LogP contribution in [0.1, 0.15) is 72.1 Å². The second-order valence-electron chi connectivity index (χ2n) is 4.86. The highest BCUT2D eigenvalue weighted by Gasteiger charge is 1.99. The Morgan fingerprint density at radius 3 is 2.32 bits per heavy atom. The fraction of sp³-hybridized carbons (Fsp3) is 0.647. The van der Waals surface area contributed by atoms with Crippen LogP contribution in [-0.2, 0) is 0 Å². The van der Waals surface area contributed by atoms with Gasteiger partial charge in [-0.2, -0.15) is 0 Å². The van der Waals surface area contributed by atoms with Crippen LogP contribution in [0.4, 0.5) is 0 Å². The first-order chi connectivity index (χ1) is 9.17. The fourth-order valence-corrected chi connectivity index (χ4v) is 2.71. The van der Waals surface area contributed by atoms with E-state index in [1.807, 2.05) is 0 Å². The third-order valence-electron chi connectivity index (χ3n) is 3.23. The molecule has 1 unspecified atom stereocenters. The van der Waals surface area contributed by atoms with Gasteiger partial charge >= 0.3 is 0 Å². The van der Waals surface area contributed by atoms with Crippen LogP contribution in [0.15, 0.2) is 22.8 Å². The Bertz CT molecular complexity index is 346. The molecule has 0 N–H and O–H groups in total. The smallest absolute Gasteiger partial charge is 0.0138 e. The van der Waals surface area contributed by atoms with Crippen molar-refractivity contribution in [2.75, 3.05) is 0 Å². The molecule has 0 aromatic rings. The second-order valence-corrected chi connectivity index (χ2v) is 6.40. The Balaban J connectivity index is 4.23. The van der Waals surface area contributed by atoms with Gasteiger partial charge in [-0.05, 0) is 44.9 Å². The zero-order chi connectivity index (χ0) is 14.5. The average Bonchev–Trinajstić information content (AvgIpc) is 2.43. The zero-order valence-electron chi connectivity index (χ0n) is 12.9. The van der Waals surface area contributed by atoms with E-state index in [4.69, 9.17) is 11.6 Å². The molecule has 19 heavy (non-hydrogen) atoms. The molecule has 0 spiro atoms. The van der Waals surface area contributed by atoms with Crippen LogP contribution in [0.5, 0.6) is 0 Å². The first-order valence-corrected chi connectivity index (χ1v) is 9.16. The second kappa shape index (κ2) is 12.8. The number of rotatable bonds is 10. The van der Waals surface area contributed by atoms with Crippen molar-refractivity contribution in [2.45, 2.75) is 72.1 Å². The third kappa shape index (κ3) is 10.3. The monoisotopic (exact) mass is 300 g/mol. The lowest BCUT2D eigenvalue weighted by atomic mass is 10.0. The van der Waals surface area contributed by atoms with Gasteiger partial charge in [0, 0.05) is 5.03 Å². The van der Waals surface area contributed by atoms with E-state index >= 15 is 0 Å². The summed E-state index contributed by atoms with van der Waals surface area (Å²) >= 11 is 6.00. The minimum atomic E-state index is 0.747. The normalized spacial score (nSPS) is 13.1. The maximum Gasteiger partial charge on any atom is 0.0138 e. The number of hydrogen-bond acceptors (Lipinski definition) is 0. The van der Waals surface area contributed by atoms with Gasteiger partial charge in [-0.25, -0.2) is 0 Å². The molecule has 0 aromatic heterocycles. The largest absolute Gasteiger partial charge is 0.148 e. The van der Waals surface area contributed by atoms with Crippen LogP contribution >= 0.6 is 19.4 Å². The van der Waals surface area contributed by atoms with Crippen molar-refractivity contribution in [3.05, 3.63) is 22.8 Å². The lowest BCUT2D eigenvalue weighted by Gasteiger charge is -2.08. The zero-order valence-corrected chi connectivity index (χ0v) is 14.7. The molecule has 1 atom stereocenters. The average molecular weight is 301 g/mol. The Labute approximate surface area is 126 Å². The highest BCUT2D eigenvalue weighted by Crippen LogP contribution is 2.16. The summed E-state index contributed by atoms with van der Waals surface area (Å²) in [5, 5.41) is 2.60. The summed E-state index contributed by atoms with van der Waals surface area (Å²) < 4.78 is 0. The summed E-state index contributed by atoms with van der Waals surface area (Å²) in [4.78, 5) is 0. The van der Waals surface area contributed by atoms with E-state index < -0.39 is 0 Å². The third-order valence-corrected chi connectivity index (χ3v) is 4.69. The van der Waals surface area contributed by atoms with Gasteiger partial charge in [-0.3, -0.25) is 0 Å². The van der Waals surface area contributed by atoms with Crippen LogP contribution in [0.3, 0.4) is 0 Å². The molecule has 0 aliphatic heterocycles. The molecule has 0 saturated carbocycles. The molecular formula is C17H30ClP. The molecule has 110 valence electrons. The summed E-state index contributed by atoms with van der Waals surface area (Å²) in [6.07, 6.45) is 17.9. The molecule has 0 radical (unpaired) electrons. The Morgan fingerprint density at radius 1 is 1.11 bits per heavy atom. The minimum Gasteiger partial charge on any atom is -0.148 e. The molecule has 0 bridgehead atoms. The summed E-state index contributed by atoms with van der Waals surface area (Å²) in [5.74, 6) is 0. The highest BCUT2D eigenvalue weighted by atomic mass is 35.5. The van der Waals surface area contributed by atoms with E-state index in [0.29, 0.717) is 0 Å². The summed E-state index contributed by atoms with van der Waals surface area (Å²) in [7, 11) is 0.747. The highest BCUT2D eigenvalue weighted by molar-refractivity contribution is 7.39. The van der Waals surface area contributed by atoms with Gasteiger partial charge in [-0.1, -0.05) is 68.1 Å². The fourth-order valence-electron chi connectivity index (χ4n) is 2.00. The lowest BCUT2D eigenvalue weighted by molar-refractivity contribution is 0.829. The maximum absolute atomic E-state index is 6.00. The van der Waals surface area contributed by atoms with Gasteiger partial charge in [0.05, 0.1) is 0 Å². The number of unbranched alkanes of at least 4 members (excludes halogenated alkanes) is 2. The first-order valence-electron chi connectivity index (χ1n) is 7.58. The van der Waals surface area contributed by atoms with E-state index in [0.717, 1.165) is 25.7 Å². The van der Waals surface area contributed by atoms with Crippen LogP contribution < -0.4 is 0 Å². The molecule has 0 heterocycles. The number of allylic oxidation sites excluding steroid dienone is 4. The van der Waals surface area contributed by atoms with Gasteiger partial charge in [0.2, 0.25) is 0 Å². The predicted molar refractivity (Wildman–Crippen MR) is 96.4 cm³/mol. The van der Waals surface area contributed by atoms with Gasteiger partial charge in [-0.15, -0.1) is 7.83 Å². The molecule has 0 nitrogen and oxygen atoms in total. The van der Waals surface area contributed by atoms with Gasteiger partial charge in [0.1, 0.15) is 0 Å². The molecule has 0 aliphatic rings. The quantitative estimate of drug-likeness (QED) is 0.245. The standard InChI is InChI=1S/C17H30ClP/c1-5-11-15(14-17(7-3)19-4)12-9-8-10-13-16(18)6-2/h12-13,19H,4-11,14H2,1-3H3/b15-12+,16-13+. The first kappa shape index (κ1) is 18.8. The number of hydrogen-bond donors (Lipinski definition) is 0. The van der Waals surface area contributed by atoms with E-state index in [2.05, 4.69) is 39.2 Å². The van der Waals surface area contributed by atoms with Crippen LogP contribution in [0, 0.1) is 0 Å². The van der Waals surface area contributed by atoms with E-state index in [1.165, 1.54) is 38.5 Å². The van der Waals surface area contributed by atoms with E-state index in [-0.39, 0.29) is 0 Å². The van der Waals surface area contributed by atoms with Crippen LogP contribution in [-0.4, -0.2) is 11.6 Å². The molecule has 2 heteroatoms. The van der Waals surface area contributed by atoms with Crippen molar-refractivity contribution in [1.29, 1.82) is 0 Å². The maximum atomic E-state index is 6.00. The Morgan fingerprint density at radius 2 is 1.79 bits per heavy atom. The van der Waals surface area contributed by atoms with Crippen LogP contribution in [0.25, 0.3) is 0 Å². The lowest BCUT2D eigenvalue weighted by Crippen LogP contribution is -1.95. The van der Waals surface area contributed by atoms with Crippen molar-refractivity contribution in [3.63, 3.8) is 0 Å². The van der Waals surface area contributed by atoms with E-state index in [9.17, 15) is 0 Å². The summed E-state index contributed by atoms with van der Waals surface area (Å²) in [6.45, 7) is 6.60. The van der Waals surface area contributed by atoms with Crippen molar-refractivity contribution < 1.29 is 0 Å². The van der Waals surface area contributed by atoms with Crippen molar-refractivity contribution in [2.24, 2.45) is 0 Å². The van der Waals surface area contributed by atoms with Crippen LogP contribution in [0.2, 0.25) is 0 Å². The molecule has 0 aromatic carbocycles. The van der Waals surface area contributed by atoms with Crippen molar-refractivity contribution >= 4 is 31.0 Å².